The SMILES string of the molecule is CCCNCc1cn(CCN2CCC(C)(C)C2)nn1. The van der Waals surface area contributed by atoms with Crippen LogP contribution in [0, 0.1) is 5.41 Å². The van der Waals surface area contributed by atoms with Gasteiger partial charge in [-0.15, -0.1) is 5.10 Å². The van der Waals surface area contributed by atoms with Crippen LogP contribution in [-0.4, -0.2) is 46.1 Å². The highest BCUT2D eigenvalue weighted by atomic mass is 15.4. The third-order valence-corrected chi connectivity index (χ3v) is 3.72. The maximum absolute atomic E-state index is 4.19. The molecule has 1 aromatic rings. The number of hydrogen-bond donors (Lipinski definition) is 1. The van der Waals surface area contributed by atoms with E-state index in [1.165, 1.54) is 19.5 Å². The lowest BCUT2D eigenvalue weighted by atomic mass is 9.93. The van der Waals surface area contributed by atoms with E-state index in [4.69, 9.17) is 0 Å². The molecule has 1 aliphatic rings. The van der Waals surface area contributed by atoms with E-state index in [1.54, 1.807) is 0 Å². The van der Waals surface area contributed by atoms with Crippen molar-refractivity contribution in [3.63, 3.8) is 0 Å². The van der Waals surface area contributed by atoms with Gasteiger partial charge in [0.05, 0.1) is 12.2 Å². The molecular weight excluding hydrogens is 238 g/mol. The summed E-state index contributed by atoms with van der Waals surface area (Å²) in [5, 5.41) is 11.7. The standard InChI is InChI=1S/C14H27N5/c1-4-6-15-10-13-11-19(17-16-13)9-8-18-7-5-14(2,3)12-18/h11,15H,4-10,12H2,1-3H3. The van der Waals surface area contributed by atoms with Gasteiger partial charge in [-0.05, 0) is 31.3 Å². The molecule has 0 radical (unpaired) electrons. The van der Waals surface area contributed by atoms with E-state index < -0.39 is 0 Å². The van der Waals surface area contributed by atoms with Crippen LogP contribution in [0.3, 0.4) is 0 Å². The number of aromatic nitrogens is 3. The van der Waals surface area contributed by atoms with Gasteiger partial charge < -0.3 is 10.2 Å². The van der Waals surface area contributed by atoms with Gasteiger partial charge in [-0.2, -0.15) is 0 Å². The van der Waals surface area contributed by atoms with Gasteiger partial charge in [0.25, 0.3) is 0 Å². The van der Waals surface area contributed by atoms with Crippen molar-refractivity contribution >= 4 is 0 Å². The van der Waals surface area contributed by atoms with Crippen molar-refractivity contribution < 1.29 is 0 Å². The van der Waals surface area contributed by atoms with E-state index in [9.17, 15) is 0 Å². The summed E-state index contributed by atoms with van der Waals surface area (Å²) in [6.45, 7) is 13.2. The molecule has 1 saturated heterocycles. The summed E-state index contributed by atoms with van der Waals surface area (Å²) in [5.74, 6) is 0. The Balaban J connectivity index is 1.71. The summed E-state index contributed by atoms with van der Waals surface area (Å²) in [4.78, 5) is 2.52. The summed E-state index contributed by atoms with van der Waals surface area (Å²) in [6.07, 6.45) is 4.51. The van der Waals surface area contributed by atoms with Crippen molar-refractivity contribution in [2.45, 2.75) is 46.7 Å². The topological polar surface area (TPSA) is 46.0 Å². The van der Waals surface area contributed by atoms with Crippen LogP contribution < -0.4 is 5.32 Å². The fourth-order valence-corrected chi connectivity index (χ4v) is 2.58. The summed E-state index contributed by atoms with van der Waals surface area (Å²) in [5.41, 5.74) is 1.52. The highest BCUT2D eigenvalue weighted by molar-refractivity contribution is 4.91. The van der Waals surface area contributed by atoms with E-state index in [0.717, 1.165) is 38.3 Å². The van der Waals surface area contributed by atoms with E-state index in [1.807, 2.05) is 4.68 Å². The molecule has 5 nitrogen and oxygen atoms in total. The van der Waals surface area contributed by atoms with Crippen molar-refractivity contribution in [2.24, 2.45) is 5.41 Å². The Hall–Kier alpha value is -0.940. The number of likely N-dealkylation sites (tertiary alicyclic amines) is 1. The van der Waals surface area contributed by atoms with Crippen molar-refractivity contribution in [3.05, 3.63) is 11.9 Å². The van der Waals surface area contributed by atoms with Crippen molar-refractivity contribution in [3.8, 4) is 0 Å². The van der Waals surface area contributed by atoms with Gasteiger partial charge in [0.15, 0.2) is 0 Å². The molecule has 108 valence electrons. The molecule has 1 N–H and O–H groups in total. The van der Waals surface area contributed by atoms with Crippen molar-refractivity contribution in [2.75, 3.05) is 26.2 Å². The first-order valence-electron chi connectivity index (χ1n) is 7.41. The Labute approximate surface area is 116 Å². The van der Waals surface area contributed by atoms with Gasteiger partial charge in [-0.1, -0.05) is 26.0 Å². The van der Waals surface area contributed by atoms with Gasteiger partial charge in [-0.25, -0.2) is 0 Å². The highest BCUT2D eigenvalue weighted by Crippen LogP contribution is 2.28. The van der Waals surface area contributed by atoms with Gasteiger partial charge in [0.1, 0.15) is 0 Å². The zero-order valence-corrected chi connectivity index (χ0v) is 12.5. The van der Waals surface area contributed by atoms with Crippen LogP contribution >= 0.6 is 0 Å². The molecule has 1 aromatic heterocycles. The van der Waals surface area contributed by atoms with Crippen molar-refractivity contribution in [1.29, 1.82) is 0 Å². The van der Waals surface area contributed by atoms with Gasteiger partial charge in [0, 0.05) is 25.8 Å². The predicted octanol–water partition coefficient (Wildman–Crippen LogP) is 1.51. The molecule has 1 fully saturated rings. The van der Waals surface area contributed by atoms with Gasteiger partial charge >= 0.3 is 0 Å². The molecule has 0 aliphatic carbocycles. The highest BCUT2D eigenvalue weighted by Gasteiger charge is 2.28. The van der Waals surface area contributed by atoms with E-state index in [0.29, 0.717) is 5.41 Å². The molecular formula is C14H27N5. The minimum Gasteiger partial charge on any atom is -0.311 e. The smallest absolute Gasteiger partial charge is 0.0964 e. The predicted molar refractivity (Wildman–Crippen MR) is 76.9 cm³/mol. The lowest BCUT2D eigenvalue weighted by molar-refractivity contribution is 0.276. The third kappa shape index (κ3) is 4.58. The van der Waals surface area contributed by atoms with E-state index in [2.05, 4.69) is 47.5 Å². The molecule has 0 unspecified atom stereocenters. The molecule has 0 atom stereocenters. The monoisotopic (exact) mass is 265 g/mol. The summed E-state index contributed by atoms with van der Waals surface area (Å²) < 4.78 is 1.97. The molecule has 0 saturated carbocycles. The minimum absolute atomic E-state index is 0.484. The number of rotatable bonds is 7. The van der Waals surface area contributed by atoms with Crippen LogP contribution in [0.25, 0.3) is 0 Å². The molecule has 2 heterocycles. The third-order valence-electron chi connectivity index (χ3n) is 3.72. The van der Waals surface area contributed by atoms with Gasteiger partial charge in [0.2, 0.25) is 0 Å². The molecule has 0 amide bonds. The van der Waals surface area contributed by atoms with Crippen LogP contribution in [0.5, 0.6) is 0 Å². The second-order valence-electron chi connectivity index (χ2n) is 6.34. The molecule has 1 aliphatic heterocycles. The Morgan fingerprint density at radius 1 is 1.37 bits per heavy atom. The number of nitrogens with zero attached hydrogens (tertiary/aromatic N) is 4. The van der Waals surface area contributed by atoms with E-state index in [-0.39, 0.29) is 0 Å². The number of nitrogens with one attached hydrogen (secondary N) is 1. The lowest BCUT2D eigenvalue weighted by Gasteiger charge is -2.19. The van der Waals surface area contributed by atoms with Crippen LogP contribution in [0.4, 0.5) is 0 Å². The molecule has 0 bridgehead atoms. The average Bonchev–Trinajstić information content (AvgIpc) is 2.94. The van der Waals surface area contributed by atoms with Crippen molar-refractivity contribution in [1.82, 2.24) is 25.2 Å². The average molecular weight is 265 g/mol. The molecule has 0 spiro atoms. The van der Waals surface area contributed by atoms with Crippen LogP contribution in [0.15, 0.2) is 6.20 Å². The summed E-state index contributed by atoms with van der Waals surface area (Å²) in [6, 6.07) is 0. The zero-order valence-electron chi connectivity index (χ0n) is 12.5. The first-order valence-corrected chi connectivity index (χ1v) is 7.41. The Morgan fingerprint density at radius 3 is 2.89 bits per heavy atom. The fraction of sp³-hybridized carbons (Fsp3) is 0.857. The largest absolute Gasteiger partial charge is 0.311 e. The Bertz CT molecular complexity index is 385. The van der Waals surface area contributed by atoms with Gasteiger partial charge in [-0.3, -0.25) is 4.68 Å². The lowest BCUT2D eigenvalue weighted by Crippen LogP contribution is -2.27. The molecule has 0 aromatic carbocycles. The maximum Gasteiger partial charge on any atom is 0.0964 e. The first kappa shape index (κ1) is 14.5. The second-order valence-corrected chi connectivity index (χ2v) is 6.34. The summed E-state index contributed by atoms with van der Waals surface area (Å²) in [7, 11) is 0. The minimum atomic E-state index is 0.484. The van der Waals surface area contributed by atoms with E-state index >= 15 is 0 Å². The van der Waals surface area contributed by atoms with Crippen LogP contribution in [0.2, 0.25) is 0 Å². The molecule has 19 heavy (non-hydrogen) atoms. The molecule has 2 rings (SSSR count). The fourth-order valence-electron chi connectivity index (χ4n) is 2.58. The Morgan fingerprint density at radius 2 is 2.21 bits per heavy atom. The summed E-state index contributed by atoms with van der Waals surface area (Å²) >= 11 is 0. The number of hydrogen-bond acceptors (Lipinski definition) is 4. The molecule has 5 heteroatoms. The zero-order chi connectivity index (χ0) is 13.7. The van der Waals surface area contributed by atoms with Crippen LogP contribution in [0.1, 0.15) is 39.3 Å². The quantitative estimate of drug-likeness (QED) is 0.759. The second kappa shape index (κ2) is 6.48. The normalized spacial score (nSPS) is 19.1. The maximum atomic E-state index is 4.19. The first-order chi connectivity index (χ1) is 9.09. The Kier molecular flexibility index (Phi) is 4.93. The van der Waals surface area contributed by atoms with Crippen LogP contribution in [-0.2, 0) is 13.1 Å².